The molecule has 0 saturated heterocycles. The second kappa shape index (κ2) is 18.1. The average Bonchev–Trinajstić information content (AvgIpc) is 3.07. The van der Waals surface area contributed by atoms with Crippen LogP contribution in [0.3, 0.4) is 0 Å². The maximum Gasteiger partial charge on any atom is 0.317 e. The molecule has 0 spiro atoms. The van der Waals surface area contributed by atoms with Crippen LogP contribution in [0.5, 0.6) is 11.5 Å². The Morgan fingerprint density at radius 3 is 2.27 bits per heavy atom. The first-order valence-corrected chi connectivity index (χ1v) is 16.0. The smallest absolute Gasteiger partial charge is 0.317 e. The molecule has 0 bridgehead atoms. The van der Waals surface area contributed by atoms with Gasteiger partial charge in [-0.05, 0) is 68.1 Å². The minimum Gasteiger partial charge on any atom is -0.508 e. The summed E-state index contributed by atoms with van der Waals surface area (Å²) in [7, 11) is 0. The molecule has 1 unspecified atom stereocenters. The summed E-state index contributed by atoms with van der Waals surface area (Å²) in [5.74, 6) is -2.75. The number of nitrogens with one attached hydrogen (secondary N) is 1. The van der Waals surface area contributed by atoms with Crippen LogP contribution in [0, 0.1) is 0 Å². The fourth-order valence-electron chi connectivity index (χ4n) is 5.71. The van der Waals surface area contributed by atoms with Crippen LogP contribution in [0.2, 0.25) is 0 Å². The number of aliphatic carboxylic acids is 2. The quantitative estimate of drug-likeness (QED) is 0.0419. The summed E-state index contributed by atoms with van der Waals surface area (Å²) < 4.78 is 16.1. The number of hydrogen-bond donors (Lipinski definition) is 4. The molecule has 4 N–H and O–H groups in total. The molecule has 1 heterocycles. The molecule has 268 valence electrons. The van der Waals surface area contributed by atoms with Gasteiger partial charge in [-0.1, -0.05) is 6.42 Å². The van der Waals surface area contributed by atoms with Crippen molar-refractivity contribution in [3.8, 4) is 33.9 Å². The van der Waals surface area contributed by atoms with E-state index in [9.17, 15) is 38.7 Å². The number of ketones is 1. The van der Waals surface area contributed by atoms with Crippen molar-refractivity contribution in [3.05, 3.63) is 70.4 Å². The lowest BCUT2D eigenvalue weighted by atomic mass is 9.92. The number of Topliss-reactive ketones (excluding diaryl/α,β-unsaturated/α-hetero) is 1. The van der Waals surface area contributed by atoms with E-state index in [1.165, 1.54) is 30.3 Å². The standard InChI is InChI=1S/C36H36N2O13/c39-20-49-29-15-22(8-11-26(29)35-27-12-9-24(42)16-30(27)51-31-17-25(43)10-13-28(31)35)36(48)37-14-4-6-23(41)5-2-1-3-7-32(50-21-40)38(18-33(44)45)19-34(46)47/h8-13,15-17,20-21,32,42H,1-7,14,18-19H2,(H,37,48)(H,44,45)(H,46,47). The highest BCUT2D eigenvalue weighted by Gasteiger charge is 2.25. The molecule has 15 nitrogen and oxygen atoms in total. The van der Waals surface area contributed by atoms with Crippen molar-refractivity contribution < 1.29 is 58.0 Å². The van der Waals surface area contributed by atoms with Gasteiger partial charge in [0.05, 0.1) is 0 Å². The number of phenols is 1. The number of carbonyl (C=O) groups is 6. The molecule has 2 aromatic rings. The van der Waals surface area contributed by atoms with Crippen LogP contribution in [0.25, 0.3) is 33.4 Å². The number of nitrogens with zero attached hydrogens (tertiary/aromatic N) is 1. The lowest BCUT2D eigenvalue weighted by molar-refractivity contribution is -0.157. The van der Waals surface area contributed by atoms with E-state index in [0.717, 1.165) is 4.90 Å². The van der Waals surface area contributed by atoms with Gasteiger partial charge in [-0.15, -0.1) is 0 Å². The van der Waals surface area contributed by atoms with Crippen LogP contribution in [-0.2, 0) is 28.7 Å². The van der Waals surface area contributed by atoms with Crippen molar-refractivity contribution in [1.29, 1.82) is 0 Å². The normalized spacial score (nSPS) is 11.6. The maximum atomic E-state index is 13.0. The minimum absolute atomic E-state index is 0.0270. The van der Waals surface area contributed by atoms with Crippen molar-refractivity contribution in [2.45, 2.75) is 51.2 Å². The number of amides is 1. The summed E-state index contributed by atoms with van der Waals surface area (Å²) in [5, 5.41) is 31.4. The number of fused-ring (bicyclic) bond motifs is 2. The van der Waals surface area contributed by atoms with E-state index in [1.54, 1.807) is 24.3 Å². The molecule has 2 aliphatic rings. The second-order valence-corrected chi connectivity index (χ2v) is 11.6. The second-order valence-electron chi connectivity index (χ2n) is 11.6. The number of carboxylic acid groups (broad SMARTS) is 2. The van der Waals surface area contributed by atoms with Crippen molar-refractivity contribution >= 4 is 47.5 Å². The summed E-state index contributed by atoms with van der Waals surface area (Å²) >= 11 is 0. The number of ether oxygens (including phenoxy) is 2. The summed E-state index contributed by atoms with van der Waals surface area (Å²) in [4.78, 5) is 83.0. The summed E-state index contributed by atoms with van der Waals surface area (Å²) in [6.07, 6.45) is 1.55. The van der Waals surface area contributed by atoms with E-state index in [1.807, 2.05) is 0 Å². The maximum absolute atomic E-state index is 13.0. The monoisotopic (exact) mass is 704 g/mol. The Bertz CT molecular complexity index is 1920. The van der Waals surface area contributed by atoms with E-state index >= 15 is 0 Å². The third kappa shape index (κ3) is 10.4. The number of unbranched alkanes of at least 4 members (excludes halogenated alkanes) is 2. The lowest BCUT2D eigenvalue weighted by Crippen LogP contribution is -2.43. The fraction of sp³-hybridized carbons (Fsp3) is 0.306. The van der Waals surface area contributed by atoms with Gasteiger partial charge in [0.15, 0.2) is 11.7 Å². The summed E-state index contributed by atoms with van der Waals surface area (Å²) in [5.41, 5.74) is 1.72. The number of aromatic hydroxyl groups is 1. The van der Waals surface area contributed by atoms with Crippen molar-refractivity contribution in [1.82, 2.24) is 10.2 Å². The van der Waals surface area contributed by atoms with Gasteiger partial charge in [-0.25, -0.2) is 4.90 Å². The van der Waals surface area contributed by atoms with Gasteiger partial charge in [-0.2, -0.15) is 0 Å². The number of phenolic OH excluding ortho intramolecular Hbond substituents is 1. The molecule has 2 aromatic carbocycles. The molecule has 1 aliphatic heterocycles. The van der Waals surface area contributed by atoms with Gasteiger partial charge in [0.2, 0.25) is 0 Å². The fourth-order valence-corrected chi connectivity index (χ4v) is 5.71. The Morgan fingerprint density at radius 1 is 0.843 bits per heavy atom. The molecule has 51 heavy (non-hydrogen) atoms. The van der Waals surface area contributed by atoms with E-state index in [-0.39, 0.29) is 78.4 Å². The number of benzene rings is 3. The third-order valence-corrected chi connectivity index (χ3v) is 7.99. The van der Waals surface area contributed by atoms with Gasteiger partial charge in [0.1, 0.15) is 41.7 Å². The highest BCUT2D eigenvalue weighted by molar-refractivity contribution is 6.04. The molecular formula is C36H36N2O13. The Balaban J connectivity index is 1.31. The zero-order chi connectivity index (χ0) is 36.9. The van der Waals surface area contributed by atoms with Gasteiger partial charge in [-0.3, -0.25) is 33.6 Å². The molecule has 0 radical (unpaired) electrons. The van der Waals surface area contributed by atoms with E-state index in [0.29, 0.717) is 47.8 Å². The molecule has 15 heteroatoms. The topological polar surface area (TPSA) is 227 Å². The van der Waals surface area contributed by atoms with Gasteiger partial charge >= 0.3 is 11.9 Å². The number of carboxylic acids is 2. The molecule has 0 aromatic heterocycles. The number of carbonyl (C=O) groups excluding carboxylic acids is 4. The van der Waals surface area contributed by atoms with Gasteiger partial charge < -0.3 is 34.5 Å². The number of rotatable bonds is 21. The van der Waals surface area contributed by atoms with Gasteiger partial charge in [0, 0.05) is 59.2 Å². The predicted octanol–water partition coefficient (Wildman–Crippen LogP) is 3.81. The van der Waals surface area contributed by atoms with E-state index < -0.39 is 37.2 Å². The highest BCUT2D eigenvalue weighted by atomic mass is 16.5. The molecule has 1 aliphatic carbocycles. The van der Waals surface area contributed by atoms with E-state index in [2.05, 4.69) is 5.32 Å². The Labute approximate surface area is 290 Å². The first kappa shape index (κ1) is 37.7. The van der Waals surface area contributed by atoms with Crippen molar-refractivity contribution in [3.63, 3.8) is 0 Å². The average molecular weight is 705 g/mol. The molecule has 1 atom stereocenters. The van der Waals surface area contributed by atoms with Crippen LogP contribution in [-0.4, -0.2) is 82.7 Å². The summed E-state index contributed by atoms with van der Waals surface area (Å²) in [6.45, 7) is -0.663. The Kier molecular flexibility index (Phi) is 13.4. The van der Waals surface area contributed by atoms with Crippen LogP contribution < -0.4 is 15.5 Å². The number of hydrogen-bond acceptors (Lipinski definition) is 12. The third-order valence-electron chi connectivity index (χ3n) is 7.99. The van der Waals surface area contributed by atoms with Gasteiger partial charge in [0.25, 0.3) is 18.9 Å². The minimum atomic E-state index is -1.26. The zero-order valence-corrected chi connectivity index (χ0v) is 27.4. The lowest BCUT2D eigenvalue weighted by Gasteiger charge is -2.27. The highest BCUT2D eigenvalue weighted by Crippen LogP contribution is 2.44. The molecule has 4 rings (SSSR count). The first-order chi connectivity index (χ1) is 24.5. The molecular weight excluding hydrogens is 668 g/mol. The van der Waals surface area contributed by atoms with Crippen LogP contribution in [0.15, 0.2) is 63.8 Å². The Morgan fingerprint density at radius 2 is 1.57 bits per heavy atom. The predicted molar refractivity (Wildman–Crippen MR) is 180 cm³/mol. The SMILES string of the molecule is O=COc1cc(C(=O)NCCCC(=O)CCCCCC(OC=O)N(CC(=O)O)CC(=O)O)ccc1-c1c2ccc(=O)cc-2oc2cc(O)ccc12. The largest absolute Gasteiger partial charge is 0.508 e. The van der Waals surface area contributed by atoms with Crippen LogP contribution >= 0.6 is 0 Å². The molecule has 0 saturated carbocycles. The Hall–Kier alpha value is -6.09. The zero-order valence-electron chi connectivity index (χ0n) is 27.4. The van der Waals surface area contributed by atoms with Crippen LogP contribution in [0.4, 0.5) is 0 Å². The molecule has 1 amide bonds. The summed E-state index contributed by atoms with van der Waals surface area (Å²) in [6, 6.07) is 13.3. The van der Waals surface area contributed by atoms with Crippen molar-refractivity contribution in [2.75, 3.05) is 19.6 Å². The van der Waals surface area contributed by atoms with Crippen LogP contribution in [0.1, 0.15) is 55.3 Å². The molecule has 0 fully saturated rings. The first-order valence-electron chi connectivity index (χ1n) is 16.0. The van der Waals surface area contributed by atoms with Crippen molar-refractivity contribution in [2.24, 2.45) is 0 Å². The van der Waals surface area contributed by atoms with E-state index in [4.69, 9.17) is 24.1 Å².